The van der Waals surface area contributed by atoms with Crippen molar-refractivity contribution in [3.05, 3.63) is 35.5 Å². The maximum absolute atomic E-state index is 12.1. The molecular weight excluding hydrogens is 268 g/mol. The summed E-state index contributed by atoms with van der Waals surface area (Å²) in [6.45, 7) is 3.94. The summed E-state index contributed by atoms with van der Waals surface area (Å²) in [5, 5.41) is 5.45. The predicted octanol–water partition coefficient (Wildman–Crippen LogP) is 1.70. The Balaban J connectivity index is 2.16. The summed E-state index contributed by atoms with van der Waals surface area (Å²) in [5.74, 6) is 0.432. The van der Waals surface area contributed by atoms with Crippen molar-refractivity contribution in [2.75, 3.05) is 7.11 Å². The largest absolute Gasteiger partial charge is 0.497 e. The molecule has 0 bridgehead atoms. The summed E-state index contributed by atoms with van der Waals surface area (Å²) in [7, 11) is 1.59. The first-order valence-electron chi connectivity index (χ1n) is 7.02. The molecule has 1 heterocycles. The third-order valence-electron chi connectivity index (χ3n) is 3.71. The SMILES string of the molecule is CC[C@@H](C)[C@H]1NC(=O)/C(=C\c2ccc(OC)cc2)NC1=O. The second-order valence-corrected chi connectivity index (χ2v) is 5.16. The summed E-state index contributed by atoms with van der Waals surface area (Å²) in [4.78, 5) is 24.1. The molecule has 0 spiro atoms. The van der Waals surface area contributed by atoms with Crippen LogP contribution in [-0.2, 0) is 9.59 Å². The third kappa shape index (κ3) is 3.42. The Morgan fingerprint density at radius 3 is 2.52 bits per heavy atom. The van der Waals surface area contributed by atoms with Crippen LogP contribution < -0.4 is 15.4 Å². The second-order valence-electron chi connectivity index (χ2n) is 5.16. The highest BCUT2D eigenvalue weighted by molar-refractivity contribution is 6.07. The molecule has 2 rings (SSSR count). The van der Waals surface area contributed by atoms with Crippen LogP contribution in [0.15, 0.2) is 30.0 Å². The lowest BCUT2D eigenvalue weighted by molar-refractivity contribution is -0.132. The van der Waals surface area contributed by atoms with Gasteiger partial charge in [0, 0.05) is 0 Å². The molecule has 5 nitrogen and oxygen atoms in total. The van der Waals surface area contributed by atoms with Gasteiger partial charge in [0.25, 0.3) is 5.91 Å². The van der Waals surface area contributed by atoms with E-state index in [1.54, 1.807) is 25.3 Å². The Hall–Kier alpha value is -2.30. The maximum Gasteiger partial charge on any atom is 0.268 e. The van der Waals surface area contributed by atoms with Crippen LogP contribution in [0.2, 0.25) is 0 Å². The molecule has 0 unspecified atom stereocenters. The lowest BCUT2D eigenvalue weighted by Crippen LogP contribution is -2.57. The molecule has 21 heavy (non-hydrogen) atoms. The Kier molecular flexibility index (Phi) is 4.62. The van der Waals surface area contributed by atoms with Crippen molar-refractivity contribution in [1.29, 1.82) is 0 Å². The number of piperazine rings is 1. The van der Waals surface area contributed by atoms with Gasteiger partial charge in [0.15, 0.2) is 0 Å². The van der Waals surface area contributed by atoms with E-state index >= 15 is 0 Å². The number of benzene rings is 1. The van der Waals surface area contributed by atoms with Crippen LogP contribution in [0, 0.1) is 5.92 Å². The molecule has 1 saturated heterocycles. The van der Waals surface area contributed by atoms with E-state index in [2.05, 4.69) is 10.6 Å². The van der Waals surface area contributed by atoms with E-state index in [0.717, 1.165) is 17.7 Å². The van der Waals surface area contributed by atoms with Crippen LogP contribution in [0.3, 0.4) is 0 Å². The molecule has 0 aliphatic carbocycles. The number of carbonyl (C=O) groups excluding carboxylic acids is 2. The van der Waals surface area contributed by atoms with Crippen molar-refractivity contribution in [2.45, 2.75) is 26.3 Å². The van der Waals surface area contributed by atoms with Gasteiger partial charge in [-0.05, 0) is 29.7 Å². The van der Waals surface area contributed by atoms with Crippen LogP contribution in [0.4, 0.5) is 0 Å². The van der Waals surface area contributed by atoms with Gasteiger partial charge in [0.2, 0.25) is 5.91 Å². The molecule has 1 aromatic carbocycles. The van der Waals surface area contributed by atoms with E-state index in [1.807, 2.05) is 26.0 Å². The molecule has 1 aliphatic rings. The van der Waals surface area contributed by atoms with E-state index in [0.29, 0.717) is 0 Å². The highest BCUT2D eigenvalue weighted by atomic mass is 16.5. The number of rotatable bonds is 4. The van der Waals surface area contributed by atoms with E-state index < -0.39 is 6.04 Å². The smallest absolute Gasteiger partial charge is 0.268 e. The molecule has 2 atom stereocenters. The summed E-state index contributed by atoms with van der Waals surface area (Å²) in [6.07, 6.45) is 2.48. The number of hydrogen-bond acceptors (Lipinski definition) is 3. The van der Waals surface area contributed by atoms with Gasteiger partial charge >= 0.3 is 0 Å². The molecule has 1 aromatic rings. The van der Waals surface area contributed by atoms with Gasteiger partial charge in [-0.2, -0.15) is 0 Å². The first-order chi connectivity index (χ1) is 10.0. The molecule has 5 heteroatoms. The normalized spacial score (nSPS) is 21.7. The van der Waals surface area contributed by atoms with Gasteiger partial charge in [-0.3, -0.25) is 9.59 Å². The van der Waals surface area contributed by atoms with Gasteiger partial charge < -0.3 is 15.4 Å². The van der Waals surface area contributed by atoms with Crippen molar-refractivity contribution >= 4 is 17.9 Å². The zero-order chi connectivity index (χ0) is 15.4. The number of amides is 2. The monoisotopic (exact) mass is 288 g/mol. The lowest BCUT2D eigenvalue weighted by atomic mass is 9.96. The Morgan fingerprint density at radius 2 is 1.95 bits per heavy atom. The summed E-state index contributed by atoms with van der Waals surface area (Å²) >= 11 is 0. The minimum Gasteiger partial charge on any atom is -0.497 e. The van der Waals surface area contributed by atoms with Gasteiger partial charge in [-0.15, -0.1) is 0 Å². The van der Waals surface area contributed by atoms with Gasteiger partial charge in [-0.1, -0.05) is 32.4 Å². The van der Waals surface area contributed by atoms with Crippen molar-refractivity contribution in [1.82, 2.24) is 10.6 Å². The van der Waals surface area contributed by atoms with Crippen molar-refractivity contribution in [3.8, 4) is 5.75 Å². The molecule has 2 N–H and O–H groups in total. The van der Waals surface area contributed by atoms with Crippen LogP contribution in [0.5, 0.6) is 5.75 Å². The fourth-order valence-corrected chi connectivity index (χ4v) is 2.16. The highest BCUT2D eigenvalue weighted by Gasteiger charge is 2.32. The Morgan fingerprint density at radius 1 is 1.29 bits per heavy atom. The first kappa shape index (κ1) is 15.1. The Labute approximate surface area is 124 Å². The number of carbonyl (C=O) groups is 2. The van der Waals surface area contributed by atoms with Crippen LogP contribution >= 0.6 is 0 Å². The van der Waals surface area contributed by atoms with E-state index in [4.69, 9.17) is 4.74 Å². The topological polar surface area (TPSA) is 67.4 Å². The fraction of sp³-hybridized carbons (Fsp3) is 0.375. The number of ether oxygens (including phenoxy) is 1. The van der Waals surface area contributed by atoms with Crippen LogP contribution in [0.1, 0.15) is 25.8 Å². The molecule has 2 amide bonds. The maximum atomic E-state index is 12.1. The summed E-state index contributed by atoms with van der Waals surface area (Å²) < 4.78 is 5.08. The van der Waals surface area contributed by atoms with Gasteiger partial charge in [0.05, 0.1) is 7.11 Å². The van der Waals surface area contributed by atoms with E-state index in [9.17, 15) is 9.59 Å². The minimum absolute atomic E-state index is 0.108. The summed E-state index contributed by atoms with van der Waals surface area (Å²) in [6, 6.07) is 6.79. The standard InChI is InChI=1S/C16H20N2O3/c1-4-10(2)14-16(20)17-13(15(19)18-14)9-11-5-7-12(21-3)8-6-11/h5-10,14H,4H2,1-3H3,(H,17,20)(H,18,19)/b13-9+/t10-,14-/m1/s1. The number of hydrogen-bond donors (Lipinski definition) is 2. The molecular formula is C16H20N2O3. The first-order valence-corrected chi connectivity index (χ1v) is 7.02. The van der Waals surface area contributed by atoms with E-state index in [-0.39, 0.29) is 23.4 Å². The second kappa shape index (κ2) is 6.43. The zero-order valence-electron chi connectivity index (χ0n) is 12.5. The minimum atomic E-state index is -0.462. The average Bonchev–Trinajstić information content (AvgIpc) is 2.50. The van der Waals surface area contributed by atoms with Gasteiger partial charge in [0.1, 0.15) is 17.5 Å². The molecule has 1 aliphatic heterocycles. The summed E-state index contributed by atoms with van der Waals surface area (Å²) in [5.41, 5.74) is 1.09. The highest BCUT2D eigenvalue weighted by Crippen LogP contribution is 2.16. The van der Waals surface area contributed by atoms with Crippen LogP contribution in [-0.4, -0.2) is 25.0 Å². The molecule has 0 aromatic heterocycles. The average molecular weight is 288 g/mol. The fourth-order valence-electron chi connectivity index (χ4n) is 2.16. The molecule has 112 valence electrons. The Bertz CT molecular complexity index is 563. The van der Waals surface area contributed by atoms with Crippen molar-refractivity contribution < 1.29 is 14.3 Å². The molecule has 0 radical (unpaired) electrons. The van der Waals surface area contributed by atoms with E-state index in [1.165, 1.54) is 0 Å². The van der Waals surface area contributed by atoms with Gasteiger partial charge in [-0.25, -0.2) is 0 Å². The van der Waals surface area contributed by atoms with Crippen molar-refractivity contribution in [2.24, 2.45) is 5.92 Å². The zero-order valence-corrected chi connectivity index (χ0v) is 12.5. The third-order valence-corrected chi connectivity index (χ3v) is 3.71. The van der Waals surface area contributed by atoms with Crippen molar-refractivity contribution in [3.63, 3.8) is 0 Å². The lowest BCUT2D eigenvalue weighted by Gasteiger charge is -2.28. The molecule has 0 saturated carbocycles. The van der Waals surface area contributed by atoms with Crippen LogP contribution in [0.25, 0.3) is 6.08 Å². The molecule has 1 fully saturated rings. The predicted molar refractivity (Wildman–Crippen MR) is 80.5 cm³/mol. The number of nitrogens with one attached hydrogen (secondary N) is 2. The number of methoxy groups -OCH3 is 1. The quantitative estimate of drug-likeness (QED) is 0.829.